The molecule has 6 heteroatoms. The molecular weight excluding hydrogens is 401 g/mol. The van der Waals surface area contributed by atoms with Crippen LogP contribution in [0.2, 0.25) is 0 Å². The van der Waals surface area contributed by atoms with Crippen LogP contribution >= 0.6 is 0 Å². The third-order valence-corrected chi connectivity index (χ3v) is 3.79. The number of allylic oxidation sites excluding steroid dienone is 4. The summed E-state index contributed by atoms with van der Waals surface area (Å²) in [6.45, 7) is 0. The molecule has 1 aromatic heterocycles. The molecule has 5 rings (SSSR count). The van der Waals surface area contributed by atoms with E-state index in [0.29, 0.717) is 0 Å². The van der Waals surface area contributed by atoms with Crippen LogP contribution in [0.25, 0.3) is 27.5 Å². The first-order valence-corrected chi connectivity index (χ1v) is 7.60. The van der Waals surface area contributed by atoms with E-state index >= 15 is 0 Å². The van der Waals surface area contributed by atoms with Gasteiger partial charge < -0.3 is 24.8 Å². The molecule has 128 valence electrons. The predicted octanol–water partition coefficient (Wildman–Crippen LogP) is -1.40. The van der Waals surface area contributed by atoms with E-state index in [0.717, 1.165) is 23.1 Å². The first-order chi connectivity index (χ1) is 11.4. The van der Waals surface area contributed by atoms with Gasteiger partial charge in [0.1, 0.15) is 5.52 Å². The Kier molecular flexibility index (Phi) is 8.90. The quantitative estimate of drug-likeness (QED) is 0.283. The van der Waals surface area contributed by atoms with Gasteiger partial charge in [0, 0.05) is 0 Å². The largest absolute Gasteiger partial charge is 4.00 e. The van der Waals surface area contributed by atoms with E-state index in [2.05, 4.69) is 46.7 Å². The summed E-state index contributed by atoms with van der Waals surface area (Å²) in [7, 11) is 0. The molecule has 1 aliphatic carbocycles. The summed E-state index contributed by atoms with van der Waals surface area (Å²) >= 11 is 0. The smallest absolute Gasteiger partial charge is 1.00 e. The standard InChI is InChI=1S/C15H10N3.C5H5.2ClH.Ti/c1-2-6-12-10-13(9-11(12)5-1)18-15-8-4-3-7-14(15)16-17-18;1-2-4-5-3-1;;;/h1-10H;1-3H,4H2;2*1H;/q2*-1;;;+4/p-2. The molecule has 26 heavy (non-hydrogen) atoms. The van der Waals surface area contributed by atoms with Crippen molar-refractivity contribution in [1.29, 1.82) is 0 Å². The summed E-state index contributed by atoms with van der Waals surface area (Å²) in [6, 6.07) is 20.6. The van der Waals surface area contributed by atoms with Crippen molar-refractivity contribution in [2.24, 2.45) is 0 Å². The van der Waals surface area contributed by atoms with E-state index in [-0.39, 0.29) is 46.5 Å². The minimum absolute atomic E-state index is 0. The summed E-state index contributed by atoms with van der Waals surface area (Å²) < 4.78 is 1.88. The van der Waals surface area contributed by atoms with Crippen LogP contribution in [0.5, 0.6) is 0 Å². The molecular formula is C20H15Cl2N3Ti. The molecule has 0 bridgehead atoms. The van der Waals surface area contributed by atoms with Crippen molar-refractivity contribution >= 4 is 21.8 Å². The fourth-order valence-electron chi connectivity index (χ4n) is 2.66. The van der Waals surface area contributed by atoms with Gasteiger partial charge in [0.15, 0.2) is 0 Å². The number of halogens is 2. The van der Waals surface area contributed by atoms with Crippen LogP contribution in [0.1, 0.15) is 6.42 Å². The predicted molar refractivity (Wildman–Crippen MR) is 93.5 cm³/mol. The Hall–Kier alpha value is -1.78. The van der Waals surface area contributed by atoms with E-state index in [4.69, 9.17) is 0 Å². The van der Waals surface area contributed by atoms with Crippen molar-refractivity contribution in [3.05, 3.63) is 85.0 Å². The summed E-state index contributed by atoms with van der Waals surface area (Å²) in [4.78, 5) is 0. The molecule has 0 amide bonds. The van der Waals surface area contributed by atoms with Crippen LogP contribution in [-0.2, 0) is 21.7 Å². The normalized spacial score (nSPS) is 11.2. The van der Waals surface area contributed by atoms with Gasteiger partial charge in [0.05, 0.1) is 5.52 Å². The first-order valence-electron chi connectivity index (χ1n) is 7.60. The van der Waals surface area contributed by atoms with Gasteiger partial charge in [0.25, 0.3) is 0 Å². The Bertz CT molecular complexity index is 975. The SMILES string of the molecule is [C-]1=CC=CC1.[Cl-].[Cl-].[Ti+4].c1ccc2[cH-]c(-n3nnc4ccccc43)cc2c1. The molecule has 0 aliphatic heterocycles. The number of hydrogen-bond acceptors (Lipinski definition) is 2. The average Bonchev–Trinajstić information content (AvgIpc) is 3.34. The van der Waals surface area contributed by atoms with E-state index in [9.17, 15) is 0 Å². The second-order valence-corrected chi connectivity index (χ2v) is 5.34. The minimum atomic E-state index is 0. The van der Waals surface area contributed by atoms with Crippen LogP contribution in [0.4, 0.5) is 0 Å². The third kappa shape index (κ3) is 4.69. The zero-order valence-electron chi connectivity index (χ0n) is 13.8. The third-order valence-electron chi connectivity index (χ3n) is 3.79. The molecule has 0 fully saturated rings. The fourth-order valence-corrected chi connectivity index (χ4v) is 2.66. The van der Waals surface area contributed by atoms with Crippen LogP contribution in [0, 0.1) is 6.08 Å². The van der Waals surface area contributed by atoms with Crippen molar-refractivity contribution < 1.29 is 46.5 Å². The molecule has 3 aromatic carbocycles. The van der Waals surface area contributed by atoms with E-state index < -0.39 is 0 Å². The van der Waals surface area contributed by atoms with E-state index in [1.165, 1.54) is 10.8 Å². The molecule has 0 radical (unpaired) electrons. The van der Waals surface area contributed by atoms with Gasteiger partial charge in [-0.1, -0.05) is 23.4 Å². The average molecular weight is 416 g/mol. The Labute approximate surface area is 179 Å². The van der Waals surface area contributed by atoms with Crippen molar-refractivity contribution in [3.8, 4) is 5.69 Å². The molecule has 0 saturated carbocycles. The Morgan fingerprint density at radius 2 is 1.77 bits per heavy atom. The van der Waals surface area contributed by atoms with Gasteiger partial charge in [-0.05, 0) is 17.8 Å². The maximum absolute atomic E-state index is 4.23. The molecule has 0 atom stereocenters. The second kappa shape index (κ2) is 10.4. The number of rotatable bonds is 1. The molecule has 1 heterocycles. The maximum Gasteiger partial charge on any atom is 4.00 e. The topological polar surface area (TPSA) is 30.7 Å². The van der Waals surface area contributed by atoms with Crippen molar-refractivity contribution in [2.45, 2.75) is 6.42 Å². The fraction of sp³-hybridized carbons (Fsp3) is 0.0500. The molecule has 0 saturated heterocycles. The second-order valence-electron chi connectivity index (χ2n) is 5.34. The van der Waals surface area contributed by atoms with Gasteiger partial charge >= 0.3 is 21.7 Å². The number of benzene rings is 2. The number of aromatic nitrogens is 3. The summed E-state index contributed by atoms with van der Waals surface area (Å²) in [6.07, 6.45) is 10.0. The van der Waals surface area contributed by atoms with Gasteiger partial charge in [-0.3, -0.25) is 6.08 Å². The van der Waals surface area contributed by atoms with Crippen molar-refractivity contribution in [3.63, 3.8) is 0 Å². The molecule has 4 aromatic rings. The summed E-state index contributed by atoms with van der Waals surface area (Å²) in [5, 5.41) is 10.9. The monoisotopic (exact) mass is 415 g/mol. The number of para-hydroxylation sites is 1. The van der Waals surface area contributed by atoms with Gasteiger partial charge in [0.2, 0.25) is 0 Å². The molecule has 1 aliphatic rings. The van der Waals surface area contributed by atoms with Crippen LogP contribution < -0.4 is 24.8 Å². The Balaban J connectivity index is 0.000000372. The number of nitrogens with zero attached hydrogens (tertiary/aromatic N) is 3. The minimum Gasteiger partial charge on any atom is -1.00 e. The van der Waals surface area contributed by atoms with Gasteiger partial charge in [-0.2, -0.15) is 6.08 Å². The first kappa shape index (κ1) is 22.3. The Morgan fingerprint density at radius 3 is 2.46 bits per heavy atom. The molecule has 0 unspecified atom stereocenters. The van der Waals surface area contributed by atoms with Crippen LogP contribution in [-0.4, -0.2) is 15.0 Å². The summed E-state index contributed by atoms with van der Waals surface area (Å²) in [5.74, 6) is 0. The van der Waals surface area contributed by atoms with Gasteiger partial charge in [-0.25, -0.2) is 16.8 Å². The molecule has 3 nitrogen and oxygen atoms in total. The van der Waals surface area contributed by atoms with Gasteiger partial charge in [-0.15, -0.1) is 52.6 Å². The van der Waals surface area contributed by atoms with Crippen LogP contribution in [0.15, 0.2) is 78.9 Å². The van der Waals surface area contributed by atoms with E-state index in [1.807, 2.05) is 53.2 Å². The maximum atomic E-state index is 4.23. The number of fused-ring (bicyclic) bond motifs is 2. The molecule has 0 N–H and O–H groups in total. The van der Waals surface area contributed by atoms with E-state index in [1.54, 1.807) is 0 Å². The number of hydrogen-bond donors (Lipinski definition) is 0. The summed E-state index contributed by atoms with van der Waals surface area (Å²) in [5.41, 5.74) is 3.01. The Morgan fingerprint density at radius 1 is 1.00 bits per heavy atom. The van der Waals surface area contributed by atoms with Crippen molar-refractivity contribution in [2.75, 3.05) is 0 Å². The van der Waals surface area contributed by atoms with Crippen LogP contribution in [0.3, 0.4) is 0 Å². The molecule has 0 spiro atoms. The zero-order valence-corrected chi connectivity index (χ0v) is 16.9. The zero-order chi connectivity index (χ0) is 15.5. The van der Waals surface area contributed by atoms with Crippen molar-refractivity contribution in [1.82, 2.24) is 15.0 Å².